The summed E-state index contributed by atoms with van der Waals surface area (Å²) in [5, 5.41) is 7.57. The van der Waals surface area contributed by atoms with E-state index in [1.54, 1.807) is 17.5 Å². The number of nitrogens with one attached hydrogen (secondary N) is 2. The number of benzene rings is 1. The number of nitrogens with zero attached hydrogens (tertiary/aromatic N) is 2. The van der Waals surface area contributed by atoms with Crippen molar-refractivity contribution in [1.82, 2.24) is 15.0 Å². The molecule has 0 spiro atoms. The molecule has 7 nitrogen and oxygen atoms in total. The topological polar surface area (TPSA) is 89.1 Å². The molecule has 8 heteroatoms. The van der Waals surface area contributed by atoms with Gasteiger partial charge in [-0.3, -0.25) is 4.79 Å². The van der Waals surface area contributed by atoms with Gasteiger partial charge in [-0.25, -0.2) is 9.97 Å². The quantitative estimate of drug-likeness (QED) is 0.475. The summed E-state index contributed by atoms with van der Waals surface area (Å²) < 4.78 is 11.4. The summed E-state index contributed by atoms with van der Waals surface area (Å²) in [6.07, 6.45) is 3.64. The van der Waals surface area contributed by atoms with E-state index in [0.717, 1.165) is 59.3 Å². The van der Waals surface area contributed by atoms with Crippen molar-refractivity contribution in [1.29, 1.82) is 0 Å². The zero-order valence-corrected chi connectivity index (χ0v) is 17.9. The number of hydrogen-bond acceptors (Lipinski definition) is 7. The Kier molecular flexibility index (Phi) is 5.40. The zero-order chi connectivity index (χ0) is 21.2. The van der Waals surface area contributed by atoms with Crippen LogP contribution in [0.4, 0.5) is 11.5 Å². The Morgan fingerprint density at radius 2 is 1.94 bits per heavy atom. The van der Waals surface area contributed by atoms with E-state index in [-0.39, 0.29) is 11.7 Å². The van der Waals surface area contributed by atoms with Gasteiger partial charge in [0.2, 0.25) is 0 Å². The highest BCUT2D eigenvalue weighted by atomic mass is 32.1. The van der Waals surface area contributed by atoms with Gasteiger partial charge < -0.3 is 19.8 Å². The molecule has 0 amide bonds. The Bertz CT molecular complexity index is 1260. The second kappa shape index (κ2) is 8.49. The first-order valence-electron chi connectivity index (χ1n) is 10.2. The maximum absolute atomic E-state index is 12.5. The highest BCUT2D eigenvalue weighted by Gasteiger charge is 2.16. The summed E-state index contributed by atoms with van der Waals surface area (Å²) >= 11 is 1.57. The number of aromatic amines is 1. The number of thiazole rings is 1. The Balaban J connectivity index is 1.45. The van der Waals surface area contributed by atoms with Crippen molar-refractivity contribution < 1.29 is 9.47 Å². The molecule has 0 radical (unpaired) electrons. The SMILES string of the molecule is Cc1nc(-c2cc3cc[nH]c(=O)c3c(Nc3ccc(OC4CCOCC4)cc3)n2)cs1. The normalized spacial score (nSPS) is 14.6. The molecule has 0 saturated carbocycles. The third kappa shape index (κ3) is 4.30. The van der Waals surface area contributed by atoms with Crippen molar-refractivity contribution in [3.8, 4) is 17.1 Å². The van der Waals surface area contributed by atoms with Crippen LogP contribution in [0.3, 0.4) is 0 Å². The van der Waals surface area contributed by atoms with Crippen LogP contribution in [-0.4, -0.2) is 34.3 Å². The van der Waals surface area contributed by atoms with Gasteiger partial charge in [0.05, 0.1) is 35.0 Å². The molecule has 4 heterocycles. The number of pyridine rings is 2. The standard InChI is InChI=1S/C23H22N4O3S/c1-14-25-20(13-31-14)19-12-15-6-9-24-23(28)21(15)22(27-19)26-16-2-4-17(5-3-16)30-18-7-10-29-11-8-18/h2-6,9,12-13,18H,7-8,10-11H2,1H3,(H,24,28)(H,26,27). The highest BCUT2D eigenvalue weighted by molar-refractivity contribution is 7.09. The van der Waals surface area contributed by atoms with Gasteiger partial charge in [-0.15, -0.1) is 11.3 Å². The fraction of sp³-hybridized carbons (Fsp3) is 0.261. The molecule has 158 valence electrons. The molecule has 4 aromatic rings. The first-order valence-corrected chi connectivity index (χ1v) is 11.1. The fourth-order valence-corrected chi connectivity index (χ4v) is 4.26. The summed E-state index contributed by atoms with van der Waals surface area (Å²) in [6, 6.07) is 11.5. The Morgan fingerprint density at radius 3 is 2.68 bits per heavy atom. The average molecular weight is 435 g/mol. The predicted octanol–water partition coefficient (Wildman–Crippen LogP) is 4.66. The van der Waals surface area contributed by atoms with Gasteiger partial charge in [-0.2, -0.15) is 0 Å². The lowest BCUT2D eigenvalue weighted by molar-refractivity contribution is 0.0256. The van der Waals surface area contributed by atoms with Crippen LogP contribution >= 0.6 is 11.3 Å². The van der Waals surface area contributed by atoms with Gasteiger partial charge in [0.25, 0.3) is 5.56 Å². The summed E-state index contributed by atoms with van der Waals surface area (Å²) in [4.78, 5) is 24.5. The number of fused-ring (bicyclic) bond motifs is 1. The molecule has 0 unspecified atom stereocenters. The summed E-state index contributed by atoms with van der Waals surface area (Å²) in [5.74, 6) is 1.32. The summed E-state index contributed by atoms with van der Waals surface area (Å²) in [7, 11) is 0. The first kappa shape index (κ1) is 19.7. The van der Waals surface area contributed by atoms with E-state index >= 15 is 0 Å². The van der Waals surface area contributed by atoms with Crippen LogP contribution < -0.4 is 15.6 Å². The molecule has 0 atom stereocenters. The fourth-order valence-electron chi connectivity index (χ4n) is 3.66. The van der Waals surface area contributed by atoms with Crippen LogP contribution in [0.15, 0.2) is 52.8 Å². The molecule has 31 heavy (non-hydrogen) atoms. The first-order chi connectivity index (χ1) is 15.2. The smallest absolute Gasteiger partial charge is 0.259 e. The van der Waals surface area contributed by atoms with Crippen molar-refractivity contribution in [2.75, 3.05) is 18.5 Å². The zero-order valence-electron chi connectivity index (χ0n) is 17.1. The lowest BCUT2D eigenvalue weighted by Crippen LogP contribution is -2.25. The molecule has 3 aromatic heterocycles. The van der Waals surface area contributed by atoms with Gasteiger partial charge in [-0.05, 0) is 48.7 Å². The monoisotopic (exact) mass is 434 g/mol. The van der Waals surface area contributed by atoms with Gasteiger partial charge in [0.1, 0.15) is 17.7 Å². The molecule has 0 bridgehead atoms. The van der Waals surface area contributed by atoms with Crippen molar-refractivity contribution >= 4 is 33.6 Å². The van der Waals surface area contributed by atoms with Crippen LogP contribution in [0.25, 0.3) is 22.2 Å². The van der Waals surface area contributed by atoms with Gasteiger partial charge in [0.15, 0.2) is 0 Å². The maximum Gasteiger partial charge on any atom is 0.259 e. The van der Waals surface area contributed by atoms with Crippen LogP contribution in [0.1, 0.15) is 17.8 Å². The number of ether oxygens (including phenoxy) is 2. The minimum atomic E-state index is -0.187. The van der Waals surface area contributed by atoms with E-state index in [4.69, 9.17) is 14.5 Å². The molecule has 1 aromatic carbocycles. The number of rotatable bonds is 5. The van der Waals surface area contributed by atoms with Gasteiger partial charge >= 0.3 is 0 Å². The Labute approximate surface area is 183 Å². The highest BCUT2D eigenvalue weighted by Crippen LogP contribution is 2.29. The second-order valence-electron chi connectivity index (χ2n) is 7.46. The molecule has 0 aliphatic carbocycles. The van der Waals surface area contributed by atoms with Crippen molar-refractivity contribution in [3.05, 3.63) is 63.3 Å². The average Bonchev–Trinajstić information content (AvgIpc) is 3.22. The molecule has 1 aliphatic heterocycles. The lowest BCUT2D eigenvalue weighted by atomic mass is 10.1. The minimum Gasteiger partial charge on any atom is -0.490 e. The van der Waals surface area contributed by atoms with Gasteiger partial charge in [0, 0.05) is 30.1 Å². The van der Waals surface area contributed by atoms with Crippen molar-refractivity contribution in [2.45, 2.75) is 25.9 Å². The molecule has 5 rings (SSSR count). The Hall–Kier alpha value is -3.23. The van der Waals surface area contributed by atoms with Crippen molar-refractivity contribution in [2.24, 2.45) is 0 Å². The molecular weight excluding hydrogens is 412 g/mol. The molecule has 1 aliphatic rings. The number of anilines is 2. The van der Waals surface area contributed by atoms with E-state index in [1.807, 2.05) is 48.7 Å². The van der Waals surface area contributed by atoms with E-state index in [2.05, 4.69) is 15.3 Å². The van der Waals surface area contributed by atoms with Crippen LogP contribution in [0.2, 0.25) is 0 Å². The van der Waals surface area contributed by atoms with Crippen LogP contribution in [0, 0.1) is 6.92 Å². The van der Waals surface area contributed by atoms with E-state index in [0.29, 0.717) is 11.2 Å². The summed E-state index contributed by atoms with van der Waals surface area (Å²) in [5.41, 5.74) is 2.16. The second-order valence-corrected chi connectivity index (χ2v) is 8.52. The van der Waals surface area contributed by atoms with E-state index in [9.17, 15) is 4.79 Å². The van der Waals surface area contributed by atoms with Crippen LogP contribution in [-0.2, 0) is 4.74 Å². The van der Waals surface area contributed by atoms with Crippen LogP contribution in [0.5, 0.6) is 5.75 Å². The van der Waals surface area contributed by atoms with E-state index in [1.165, 1.54) is 0 Å². The van der Waals surface area contributed by atoms with Gasteiger partial charge in [-0.1, -0.05) is 0 Å². The minimum absolute atomic E-state index is 0.187. The van der Waals surface area contributed by atoms with E-state index < -0.39 is 0 Å². The maximum atomic E-state index is 12.5. The largest absolute Gasteiger partial charge is 0.490 e. The Morgan fingerprint density at radius 1 is 1.13 bits per heavy atom. The number of aryl methyl sites for hydroxylation is 1. The third-order valence-electron chi connectivity index (χ3n) is 5.22. The summed E-state index contributed by atoms with van der Waals surface area (Å²) in [6.45, 7) is 3.45. The number of H-pyrrole nitrogens is 1. The number of aromatic nitrogens is 3. The number of hydrogen-bond donors (Lipinski definition) is 2. The van der Waals surface area contributed by atoms with Crippen molar-refractivity contribution in [3.63, 3.8) is 0 Å². The molecule has 1 fully saturated rings. The molecular formula is C23H22N4O3S. The molecule has 1 saturated heterocycles. The third-order valence-corrected chi connectivity index (χ3v) is 6.00. The molecule has 2 N–H and O–H groups in total. The predicted molar refractivity (Wildman–Crippen MR) is 122 cm³/mol. The lowest BCUT2D eigenvalue weighted by Gasteiger charge is -2.23.